The van der Waals surface area contributed by atoms with E-state index in [4.69, 9.17) is 4.74 Å². The summed E-state index contributed by atoms with van der Waals surface area (Å²) < 4.78 is 5.48. The maximum atomic E-state index is 11.0. The molecule has 1 saturated heterocycles. The Hall–Kier alpha value is -1.10. The number of phenolic OH excluding ortho intramolecular Hbond substituents is 1. The summed E-state index contributed by atoms with van der Waals surface area (Å²) in [6.45, 7) is 1.85. The molecule has 4 heteroatoms. The minimum absolute atomic E-state index is 0.0167. The second kappa shape index (κ2) is 5.26. The van der Waals surface area contributed by atoms with Crippen LogP contribution in [0, 0.1) is 5.92 Å². The highest BCUT2D eigenvalue weighted by atomic mass is 16.5. The van der Waals surface area contributed by atoms with Crippen LogP contribution in [0.5, 0.6) is 5.75 Å². The molecule has 1 aromatic carbocycles. The summed E-state index contributed by atoms with van der Waals surface area (Å²) >= 11 is 0. The Morgan fingerprint density at radius 2 is 2.22 bits per heavy atom. The molecule has 0 spiro atoms. The molecule has 2 rings (SSSR count). The third kappa shape index (κ3) is 2.66. The highest BCUT2D eigenvalue weighted by molar-refractivity contribution is 5.32. The average Bonchev–Trinajstić information content (AvgIpc) is 2.32. The van der Waals surface area contributed by atoms with E-state index in [-0.39, 0.29) is 11.7 Å². The van der Waals surface area contributed by atoms with Gasteiger partial charge in [0.1, 0.15) is 5.75 Å². The highest BCUT2D eigenvalue weighted by Gasteiger charge is 2.41. The van der Waals surface area contributed by atoms with Gasteiger partial charge in [0.15, 0.2) is 0 Å². The predicted octanol–water partition coefficient (Wildman–Crippen LogP) is 1.18. The fourth-order valence-electron chi connectivity index (χ4n) is 2.60. The molecule has 18 heavy (non-hydrogen) atoms. The quantitative estimate of drug-likeness (QED) is 0.847. The van der Waals surface area contributed by atoms with E-state index < -0.39 is 5.60 Å². The van der Waals surface area contributed by atoms with E-state index in [9.17, 15) is 10.2 Å². The highest BCUT2D eigenvalue weighted by Crippen LogP contribution is 2.37. The first-order chi connectivity index (χ1) is 8.52. The van der Waals surface area contributed by atoms with Crippen LogP contribution in [0.25, 0.3) is 0 Å². The lowest BCUT2D eigenvalue weighted by atomic mass is 9.77. The van der Waals surface area contributed by atoms with Crippen molar-refractivity contribution in [3.05, 3.63) is 29.8 Å². The van der Waals surface area contributed by atoms with Crippen molar-refractivity contribution in [2.24, 2.45) is 5.92 Å². The van der Waals surface area contributed by atoms with Gasteiger partial charge in [-0.3, -0.25) is 0 Å². The maximum Gasteiger partial charge on any atom is 0.115 e. The first kappa shape index (κ1) is 13.3. The van der Waals surface area contributed by atoms with Gasteiger partial charge in [-0.2, -0.15) is 0 Å². The van der Waals surface area contributed by atoms with E-state index in [1.54, 1.807) is 18.2 Å². The Morgan fingerprint density at radius 1 is 1.44 bits per heavy atom. The van der Waals surface area contributed by atoms with Crippen LogP contribution in [-0.2, 0) is 10.3 Å². The van der Waals surface area contributed by atoms with Gasteiger partial charge < -0.3 is 19.8 Å². The van der Waals surface area contributed by atoms with E-state index in [0.717, 1.165) is 12.1 Å². The average molecular weight is 251 g/mol. The van der Waals surface area contributed by atoms with E-state index >= 15 is 0 Å². The maximum absolute atomic E-state index is 11.0. The summed E-state index contributed by atoms with van der Waals surface area (Å²) in [7, 11) is 3.97. The van der Waals surface area contributed by atoms with Gasteiger partial charge in [-0.1, -0.05) is 12.1 Å². The van der Waals surface area contributed by atoms with Gasteiger partial charge in [0.2, 0.25) is 0 Å². The van der Waals surface area contributed by atoms with Crippen LogP contribution in [0.3, 0.4) is 0 Å². The van der Waals surface area contributed by atoms with Gasteiger partial charge in [-0.15, -0.1) is 0 Å². The summed E-state index contributed by atoms with van der Waals surface area (Å²) in [5, 5.41) is 20.5. The van der Waals surface area contributed by atoms with Crippen LogP contribution in [0.15, 0.2) is 24.3 Å². The Balaban J connectivity index is 2.29. The van der Waals surface area contributed by atoms with Crippen molar-refractivity contribution >= 4 is 0 Å². The molecule has 0 radical (unpaired) electrons. The largest absolute Gasteiger partial charge is 0.508 e. The number of hydrogen-bond acceptors (Lipinski definition) is 4. The second-order valence-corrected chi connectivity index (χ2v) is 5.26. The van der Waals surface area contributed by atoms with Gasteiger partial charge in [0.05, 0.1) is 12.2 Å². The standard InChI is InChI=1S/C14H21NO3/c1-15(2)9-12-10-18-7-6-14(12,17)11-4-3-5-13(16)8-11/h3-5,8,12,16-17H,6-7,9-10H2,1-2H3/t12-,14+/m1/s1. The van der Waals surface area contributed by atoms with Crippen molar-refractivity contribution < 1.29 is 14.9 Å². The molecule has 1 aliphatic heterocycles. The smallest absolute Gasteiger partial charge is 0.115 e. The fraction of sp³-hybridized carbons (Fsp3) is 0.571. The third-order valence-corrected chi connectivity index (χ3v) is 3.55. The third-order valence-electron chi connectivity index (χ3n) is 3.55. The first-order valence-corrected chi connectivity index (χ1v) is 6.27. The number of hydrogen-bond donors (Lipinski definition) is 2. The second-order valence-electron chi connectivity index (χ2n) is 5.26. The molecule has 2 N–H and O–H groups in total. The van der Waals surface area contributed by atoms with Gasteiger partial charge in [-0.25, -0.2) is 0 Å². The molecule has 0 aliphatic carbocycles. The van der Waals surface area contributed by atoms with Crippen LogP contribution in [0.4, 0.5) is 0 Å². The number of benzene rings is 1. The minimum atomic E-state index is -0.915. The van der Waals surface area contributed by atoms with Crippen LogP contribution >= 0.6 is 0 Å². The number of aliphatic hydroxyl groups is 1. The fourth-order valence-corrected chi connectivity index (χ4v) is 2.60. The van der Waals surface area contributed by atoms with Gasteiger partial charge in [-0.05, 0) is 31.8 Å². The first-order valence-electron chi connectivity index (χ1n) is 6.27. The van der Waals surface area contributed by atoms with E-state index in [0.29, 0.717) is 19.6 Å². The Labute approximate surface area is 108 Å². The predicted molar refractivity (Wildman–Crippen MR) is 69.5 cm³/mol. The molecule has 0 aromatic heterocycles. The summed E-state index contributed by atoms with van der Waals surface area (Å²) in [6, 6.07) is 6.90. The summed E-state index contributed by atoms with van der Waals surface area (Å²) in [5.74, 6) is 0.207. The van der Waals surface area contributed by atoms with Crippen molar-refractivity contribution in [1.82, 2.24) is 4.90 Å². The molecular weight excluding hydrogens is 230 g/mol. The number of ether oxygens (including phenoxy) is 1. The molecule has 100 valence electrons. The molecule has 0 unspecified atom stereocenters. The molecule has 1 aromatic rings. The lowest BCUT2D eigenvalue weighted by Crippen LogP contribution is -2.47. The zero-order valence-electron chi connectivity index (χ0n) is 11.0. The molecule has 0 bridgehead atoms. The molecule has 1 heterocycles. The van der Waals surface area contributed by atoms with Crippen LogP contribution in [0.2, 0.25) is 0 Å². The van der Waals surface area contributed by atoms with E-state index in [2.05, 4.69) is 0 Å². The Bertz CT molecular complexity index is 408. The number of aromatic hydroxyl groups is 1. The zero-order chi connectivity index (χ0) is 13.2. The lowest BCUT2D eigenvalue weighted by molar-refractivity contribution is -0.123. The van der Waals surface area contributed by atoms with Gasteiger partial charge in [0.25, 0.3) is 0 Å². The summed E-state index contributed by atoms with van der Waals surface area (Å²) in [5.41, 5.74) is -0.140. The summed E-state index contributed by atoms with van der Waals surface area (Å²) in [4.78, 5) is 2.05. The number of phenols is 1. The van der Waals surface area contributed by atoms with Crippen molar-refractivity contribution in [3.63, 3.8) is 0 Å². The Morgan fingerprint density at radius 3 is 2.89 bits per heavy atom. The number of nitrogens with zero attached hydrogens (tertiary/aromatic N) is 1. The molecule has 1 fully saturated rings. The van der Waals surface area contributed by atoms with Crippen molar-refractivity contribution in [3.8, 4) is 5.75 Å². The zero-order valence-corrected chi connectivity index (χ0v) is 11.0. The van der Waals surface area contributed by atoms with Crippen LogP contribution in [0.1, 0.15) is 12.0 Å². The van der Waals surface area contributed by atoms with Crippen molar-refractivity contribution in [2.75, 3.05) is 33.9 Å². The van der Waals surface area contributed by atoms with E-state index in [1.807, 2.05) is 25.1 Å². The molecule has 1 aliphatic rings. The Kier molecular flexibility index (Phi) is 3.90. The van der Waals surface area contributed by atoms with Gasteiger partial charge >= 0.3 is 0 Å². The van der Waals surface area contributed by atoms with E-state index in [1.165, 1.54) is 0 Å². The van der Waals surface area contributed by atoms with Crippen LogP contribution in [-0.4, -0.2) is 49.0 Å². The lowest BCUT2D eigenvalue weighted by Gasteiger charge is -2.41. The van der Waals surface area contributed by atoms with Gasteiger partial charge in [0, 0.05) is 25.5 Å². The van der Waals surface area contributed by atoms with Crippen molar-refractivity contribution in [1.29, 1.82) is 0 Å². The van der Waals surface area contributed by atoms with Crippen molar-refractivity contribution in [2.45, 2.75) is 12.0 Å². The van der Waals surface area contributed by atoms with Crippen LogP contribution < -0.4 is 0 Å². The molecule has 4 nitrogen and oxygen atoms in total. The summed E-state index contributed by atoms with van der Waals surface area (Å²) in [6.07, 6.45) is 0.564. The minimum Gasteiger partial charge on any atom is -0.508 e. The number of rotatable bonds is 3. The normalized spacial score (nSPS) is 28.6. The molecule has 2 atom stereocenters. The molecular formula is C14H21NO3. The SMILES string of the molecule is CN(C)C[C@@H]1COCC[C@]1(O)c1cccc(O)c1. The molecule has 0 amide bonds. The monoisotopic (exact) mass is 251 g/mol. The molecule has 0 saturated carbocycles. The topological polar surface area (TPSA) is 52.9 Å².